The van der Waals surface area contributed by atoms with Gasteiger partial charge in [-0.05, 0) is 44.9 Å². The smallest absolute Gasteiger partial charge is 0.410 e. The molecule has 0 radical (unpaired) electrons. The Labute approximate surface area is 135 Å². The van der Waals surface area contributed by atoms with Gasteiger partial charge in [0.1, 0.15) is 12.4 Å². The zero-order valence-electron chi connectivity index (χ0n) is 13.5. The van der Waals surface area contributed by atoms with E-state index in [1.807, 2.05) is 23.6 Å². The molecule has 1 aromatic rings. The van der Waals surface area contributed by atoms with Crippen molar-refractivity contribution < 1.29 is 18.7 Å². The Hall–Kier alpha value is -2.24. The van der Waals surface area contributed by atoms with Crippen molar-refractivity contribution in [3.8, 4) is 0 Å². The third kappa shape index (κ3) is 3.25. The SMILES string of the molecule is CC1(C)COC(=O)N1C1CCN(C(=O)C=Cc2ccco2)CC1. The first-order valence-electron chi connectivity index (χ1n) is 7.94. The van der Waals surface area contributed by atoms with E-state index in [9.17, 15) is 9.59 Å². The molecule has 124 valence electrons. The fourth-order valence-corrected chi connectivity index (χ4v) is 3.26. The predicted octanol–water partition coefficient (Wildman–Crippen LogP) is 2.51. The van der Waals surface area contributed by atoms with Crippen LogP contribution >= 0.6 is 0 Å². The highest BCUT2D eigenvalue weighted by atomic mass is 16.6. The summed E-state index contributed by atoms with van der Waals surface area (Å²) >= 11 is 0. The summed E-state index contributed by atoms with van der Waals surface area (Å²) in [5.41, 5.74) is -0.271. The normalized spacial score (nSPS) is 21.9. The van der Waals surface area contributed by atoms with E-state index in [4.69, 9.17) is 9.15 Å². The van der Waals surface area contributed by atoms with Crippen LogP contribution in [0.15, 0.2) is 28.9 Å². The summed E-state index contributed by atoms with van der Waals surface area (Å²) in [6.07, 6.45) is 6.10. The molecule has 0 aromatic carbocycles. The van der Waals surface area contributed by atoms with Crippen molar-refractivity contribution in [2.45, 2.75) is 38.3 Å². The molecule has 6 heteroatoms. The Morgan fingerprint density at radius 1 is 1.35 bits per heavy atom. The van der Waals surface area contributed by atoms with Gasteiger partial charge in [-0.15, -0.1) is 0 Å². The molecule has 2 saturated heterocycles. The number of piperidine rings is 1. The summed E-state index contributed by atoms with van der Waals surface area (Å²) in [6.45, 7) is 5.75. The van der Waals surface area contributed by atoms with Crippen molar-refractivity contribution in [1.82, 2.24) is 9.80 Å². The maximum Gasteiger partial charge on any atom is 0.410 e. The van der Waals surface area contributed by atoms with Crippen LogP contribution in [0.2, 0.25) is 0 Å². The number of cyclic esters (lactones) is 1. The van der Waals surface area contributed by atoms with Gasteiger partial charge in [-0.1, -0.05) is 0 Å². The van der Waals surface area contributed by atoms with Crippen LogP contribution in [-0.2, 0) is 9.53 Å². The Balaban J connectivity index is 1.56. The van der Waals surface area contributed by atoms with Crippen LogP contribution in [0.25, 0.3) is 6.08 Å². The number of furan rings is 1. The summed E-state index contributed by atoms with van der Waals surface area (Å²) in [4.78, 5) is 27.8. The maximum atomic E-state index is 12.2. The first kappa shape index (κ1) is 15.6. The van der Waals surface area contributed by atoms with Gasteiger partial charge in [0, 0.05) is 25.2 Å². The summed E-state index contributed by atoms with van der Waals surface area (Å²) < 4.78 is 10.3. The summed E-state index contributed by atoms with van der Waals surface area (Å²) in [6, 6.07) is 3.72. The Morgan fingerprint density at radius 2 is 2.09 bits per heavy atom. The number of carbonyl (C=O) groups is 2. The molecule has 3 heterocycles. The van der Waals surface area contributed by atoms with Crippen molar-refractivity contribution >= 4 is 18.1 Å². The number of amides is 2. The van der Waals surface area contributed by atoms with Gasteiger partial charge in [0.15, 0.2) is 0 Å². The van der Waals surface area contributed by atoms with Crippen molar-refractivity contribution in [3.63, 3.8) is 0 Å². The quantitative estimate of drug-likeness (QED) is 0.803. The fraction of sp³-hybridized carbons (Fsp3) is 0.529. The lowest BCUT2D eigenvalue weighted by molar-refractivity contribution is -0.127. The van der Waals surface area contributed by atoms with Crippen molar-refractivity contribution in [3.05, 3.63) is 30.2 Å². The van der Waals surface area contributed by atoms with Crippen LogP contribution in [0, 0.1) is 0 Å². The topological polar surface area (TPSA) is 63.0 Å². The molecule has 6 nitrogen and oxygen atoms in total. The number of ether oxygens (including phenoxy) is 1. The minimum Gasteiger partial charge on any atom is -0.465 e. The number of carbonyl (C=O) groups excluding carboxylic acids is 2. The predicted molar refractivity (Wildman–Crippen MR) is 84.6 cm³/mol. The Morgan fingerprint density at radius 3 is 2.65 bits per heavy atom. The molecule has 2 amide bonds. The van der Waals surface area contributed by atoms with Crippen LogP contribution < -0.4 is 0 Å². The van der Waals surface area contributed by atoms with Crippen LogP contribution in [0.4, 0.5) is 4.79 Å². The summed E-state index contributed by atoms with van der Waals surface area (Å²) in [7, 11) is 0. The molecular formula is C17H22N2O4. The van der Waals surface area contributed by atoms with Crippen LogP contribution in [0.1, 0.15) is 32.4 Å². The van der Waals surface area contributed by atoms with E-state index in [-0.39, 0.29) is 23.6 Å². The maximum absolute atomic E-state index is 12.2. The van der Waals surface area contributed by atoms with E-state index < -0.39 is 0 Å². The van der Waals surface area contributed by atoms with Gasteiger partial charge in [0.25, 0.3) is 0 Å². The van der Waals surface area contributed by atoms with Crippen molar-refractivity contribution in [2.75, 3.05) is 19.7 Å². The van der Waals surface area contributed by atoms with Gasteiger partial charge in [0.05, 0.1) is 11.8 Å². The molecule has 0 atom stereocenters. The molecule has 0 saturated carbocycles. The largest absolute Gasteiger partial charge is 0.465 e. The minimum absolute atomic E-state index is 0.0249. The van der Waals surface area contributed by atoms with Gasteiger partial charge in [0.2, 0.25) is 5.91 Å². The lowest BCUT2D eigenvalue weighted by atomic mass is 9.97. The van der Waals surface area contributed by atoms with E-state index >= 15 is 0 Å². The molecule has 0 bridgehead atoms. The van der Waals surface area contributed by atoms with E-state index in [1.165, 1.54) is 6.08 Å². The lowest BCUT2D eigenvalue weighted by Gasteiger charge is -2.40. The van der Waals surface area contributed by atoms with Gasteiger partial charge < -0.3 is 14.1 Å². The molecule has 0 spiro atoms. The first-order valence-corrected chi connectivity index (χ1v) is 7.94. The molecule has 2 aliphatic heterocycles. The molecule has 3 rings (SSSR count). The Kier molecular flexibility index (Phi) is 4.15. The second-order valence-corrected chi connectivity index (χ2v) is 6.64. The molecule has 2 fully saturated rings. The monoisotopic (exact) mass is 318 g/mol. The summed E-state index contributed by atoms with van der Waals surface area (Å²) in [5.74, 6) is 0.637. The standard InChI is InChI=1S/C17H22N2O4/c1-17(2)12-23-16(21)19(17)13-7-9-18(10-8-13)15(20)6-5-14-4-3-11-22-14/h3-6,11,13H,7-10,12H2,1-2H3. The third-order valence-electron chi connectivity index (χ3n) is 4.47. The number of nitrogens with zero attached hydrogens (tertiary/aromatic N) is 2. The fourth-order valence-electron chi connectivity index (χ4n) is 3.26. The lowest BCUT2D eigenvalue weighted by Crippen LogP contribution is -2.53. The second-order valence-electron chi connectivity index (χ2n) is 6.64. The minimum atomic E-state index is -0.271. The average Bonchev–Trinajstić information content (AvgIpc) is 3.13. The Bertz CT molecular complexity index is 598. The molecule has 2 aliphatic rings. The van der Waals surface area contributed by atoms with Gasteiger partial charge in [-0.2, -0.15) is 0 Å². The van der Waals surface area contributed by atoms with Crippen LogP contribution in [0.5, 0.6) is 0 Å². The average molecular weight is 318 g/mol. The van der Waals surface area contributed by atoms with Crippen LogP contribution in [0.3, 0.4) is 0 Å². The van der Waals surface area contributed by atoms with Crippen molar-refractivity contribution in [2.24, 2.45) is 0 Å². The molecule has 0 N–H and O–H groups in total. The number of hydrogen-bond donors (Lipinski definition) is 0. The third-order valence-corrected chi connectivity index (χ3v) is 4.47. The highest BCUT2D eigenvalue weighted by Gasteiger charge is 2.44. The summed E-state index contributed by atoms with van der Waals surface area (Å²) in [5, 5.41) is 0. The highest BCUT2D eigenvalue weighted by Crippen LogP contribution is 2.30. The zero-order valence-corrected chi connectivity index (χ0v) is 13.5. The van der Waals surface area contributed by atoms with E-state index in [2.05, 4.69) is 0 Å². The van der Waals surface area contributed by atoms with Crippen LogP contribution in [-0.4, -0.2) is 53.1 Å². The highest BCUT2D eigenvalue weighted by molar-refractivity contribution is 5.91. The molecular weight excluding hydrogens is 296 g/mol. The van der Waals surface area contributed by atoms with Gasteiger partial charge >= 0.3 is 6.09 Å². The molecule has 1 aromatic heterocycles. The molecule has 23 heavy (non-hydrogen) atoms. The first-order chi connectivity index (χ1) is 11.0. The number of likely N-dealkylation sites (tertiary alicyclic amines) is 1. The second kappa shape index (κ2) is 6.10. The van der Waals surface area contributed by atoms with E-state index in [0.717, 1.165) is 12.8 Å². The number of hydrogen-bond acceptors (Lipinski definition) is 4. The molecule has 0 aliphatic carbocycles. The van der Waals surface area contributed by atoms with Gasteiger partial charge in [-0.25, -0.2) is 4.79 Å². The number of rotatable bonds is 3. The van der Waals surface area contributed by atoms with E-state index in [0.29, 0.717) is 25.5 Å². The van der Waals surface area contributed by atoms with Gasteiger partial charge in [-0.3, -0.25) is 9.69 Å². The van der Waals surface area contributed by atoms with Crippen molar-refractivity contribution in [1.29, 1.82) is 0 Å². The van der Waals surface area contributed by atoms with E-state index in [1.54, 1.807) is 24.5 Å². The zero-order chi connectivity index (χ0) is 16.4. The molecule has 0 unspecified atom stereocenters.